The number of hydrogen-bond donors (Lipinski definition) is 0. The molecule has 0 saturated heterocycles. The number of halogens is 4. The van der Waals surface area contributed by atoms with Gasteiger partial charge in [0.1, 0.15) is 5.69 Å². The van der Waals surface area contributed by atoms with Gasteiger partial charge in [-0.25, -0.2) is 9.07 Å². The molecule has 0 radical (unpaired) electrons. The number of hydrogen-bond acceptors (Lipinski definition) is 1. The molecule has 0 aliphatic heterocycles. The topological polar surface area (TPSA) is 17.8 Å². The second-order valence-electron chi connectivity index (χ2n) is 5.12. The van der Waals surface area contributed by atoms with E-state index in [-0.39, 0.29) is 5.69 Å². The first-order valence-electron chi connectivity index (χ1n) is 6.86. The predicted molar refractivity (Wildman–Crippen MR) is 78.7 cm³/mol. The van der Waals surface area contributed by atoms with Gasteiger partial charge < -0.3 is 0 Å². The molecule has 0 saturated carbocycles. The van der Waals surface area contributed by atoms with Crippen molar-refractivity contribution in [3.05, 3.63) is 71.7 Å². The second kappa shape index (κ2) is 5.53. The summed E-state index contributed by atoms with van der Waals surface area (Å²) in [6.07, 6.45) is -4.86. The minimum Gasteiger partial charge on any atom is -0.229 e. The van der Waals surface area contributed by atoms with Crippen molar-refractivity contribution in [2.45, 2.75) is 13.1 Å². The van der Waals surface area contributed by atoms with Gasteiger partial charge in [-0.3, -0.25) is 0 Å². The van der Waals surface area contributed by atoms with Crippen LogP contribution in [0.3, 0.4) is 0 Å². The number of benzene rings is 2. The predicted octanol–water partition coefficient (Wildman–Crippen LogP) is 5.01. The quantitative estimate of drug-likeness (QED) is 0.607. The number of aryl methyl sites for hydroxylation is 1. The van der Waals surface area contributed by atoms with Gasteiger partial charge in [-0.15, -0.1) is 0 Å². The van der Waals surface area contributed by atoms with Crippen molar-refractivity contribution >= 4 is 0 Å². The molecule has 0 unspecified atom stereocenters. The number of rotatable bonds is 2. The van der Waals surface area contributed by atoms with Gasteiger partial charge in [-0.1, -0.05) is 48.0 Å². The third-order valence-corrected chi connectivity index (χ3v) is 3.42. The van der Waals surface area contributed by atoms with Crippen LogP contribution in [0.5, 0.6) is 0 Å². The molecule has 3 rings (SSSR count). The van der Waals surface area contributed by atoms with Crippen LogP contribution in [0, 0.1) is 12.7 Å². The molecule has 1 heterocycles. The lowest BCUT2D eigenvalue weighted by Gasteiger charge is -2.08. The van der Waals surface area contributed by atoms with Crippen LogP contribution in [0.4, 0.5) is 17.6 Å². The SMILES string of the molecule is Cc1ccc(-n2nc(C(F)(F)F)c(F)c2-c2ccccc2)cc1. The van der Waals surface area contributed by atoms with Crippen molar-refractivity contribution in [2.24, 2.45) is 0 Å². The summed E-state index contributed by atoms with van der Waals surface area (Å²) >= 11 is 0. The van der Waals surface area contributed by atoms with Crippen molar-refractivity contribution < 1.29 is 17.6 Å². The normalized spacial score (nSPS) is 11.7. The van der Waals surface area contributed by atoms with E-state index in [9.17, 15) is 17.6 Å². The molecule has 0 bridgehead atoms. The Kier molecular flexibility index (Phi) is 3.67. The summed E-state index contributed by atoms with van der Waals surface area (Å²) in [6, 6.07) is 14.7. The maximum atomic E-state index is 14.4. The maximum Gasteiger partial charge on any atom is 0.438 e. The molecular formula is C17H12F4N2. The molecule has 0 aliphatic carbocycles. The lowest BCUT2D eigenvalue weighted by atomic mass is 10.1. The molecule has 0 spiro atoms. The molecule has 0 N–H and O–H groups in total. The van der Waals surface area contributed by atoms with Crippen LogP contribution in [-0.2, 0) is 6.18 Å². The number of alkyl halides is 3. The van der Waals surface area contributed by atoms with Crippen LogP contribution in [0.25, 0.3) is 16.9 Å². The average molecular weight is 320 g/mol. The summed E-state index contributed by atoms with van der Waals surface area (Å²) in [7, 11) is 0. The smallest absolute Gasteiger partial charge is 0.229 e. The lowest BCUT2D eigenvalue weighted by Crippen LogP contribution is -2.08. The molecule has 118 valence electrons. The van der Waals surface area contributed by atoms with E-state index in [1.54, 1.807) is 54.6 Å². The molecule has 0 atom stereocenters. The Morgan fingerprint density at radius 1 is 0.913 bits per heavy atom. The first-order chi connectivity index (χ1) is 10.9. The first-order valence-corrected chi connectivity index (χ1v) is 6.86. The molecule has 2 aromatic carbocycles. The Hall–Kier alpha value is -2.63. The Morgan fingerprint density at radius 2 is 1.52 bits per heavy atom. The monoisotopic (exact) mass is 320 g/mol. The summed E-state index contributed by atoms with van der Waals surface area (Å²) in [5, 5.41) is 3.47. The second-order valence-corrected chi connectivity index (χ2v) is 5.12. The Bertz CT molecular complexity index is 818. The van der Waals surface area contributed by atoms with Crippen molar-refractivity contribution in [1.82, 2.24) is 9.78 Å². The van der Waals surface area contributed by atoms with Gasteiger partial charge >= 0.3 is 6.18 Å². The van der Waals surface area contributed by atoms with Crippen LogP contribution in [0.1, 0.15) is 11.3 Å². The molecule has 0 aliphatic rings. The number of nitrogens with zero attached hydrogens (tertiary/aromatic N) is 2. The van der Waals surface area contributed by atoms with Gasteiger partial charge in [0.25, 0.3) is 0 Å². The molecule has 1 aromatic heterocycles. The molecule has 3 aromatic rings. The van der Waals surface area contributed by atoms with E-state index in [1.165, 1.54) is 0 Å². The molecule has 0 fully saturated rings. The Balaban J connectivity index is 2.28. The van der Waals surface area contributed by atoms with E-state index in [0.717, 1.165) is 10.2 Å². The summed E-state index contributed by atoms with van der Waals surface area (Å²) in [6.45, 7) is 1.85. The highest BCUT2D eigenvalue weighted by Crippen LogP contribution is 2.36. The number of aromatic nitrogens is 2. The van der Waals surface area contributed by atoms with E-state index >= 15 is 0 Å². The van der Waals surface area contributed by atoms with E-state index in [1.807, 2.05) is 6.92 Å². The summed E-state index contributed by atoms with van der Waals surface area (Å²) in [5.74, 6) is -1.37. The largest absolute Gasteiger partial charge is 0.438 e. The van der Waals surface area contributed by atoms with Gasteiger partial charge in [0.2, 0.25) is 5.69 Å². The van der Waals surface area contributed by atoms with Gasteiger partial charge in [-0.05, 0) is 19.1 Å². The first kappa shape index (κ1) is 15.3. The minimum absolute atomic E-state index is 0.207. The van der Waals surface area contributed by atoms with Gasteiger partial charge in [-0.2, -0.15) is 18.3 Å². The molecular weight excluding hydrogens is 308 g/mol. The zero-order valence-corrected chi connectivity index (χ0v) is 12.1. The Morgan fingerprint density at radius 3 is 2.09 bits per heavy atom. The molecule has 2 nitrogen and oxygen atoms in total. The average Bonchev–Trinajstić information content (AvgIpc) is 2.86. The highest BCUT2D eigenvalue weighted by molar-refractivity contribution is 5.63. The molecule has 0 amide bonds. The fourth-order valence-electron chi connectivity index (χ4n) is 2.30. The van der Waals surface area contributed by atoms with Crippen LogP contribution in [-0.4, -0.2) is 9.78 Å². The zero-order chi connectivity index (χ0) is 16.6. The lowest BCUT2D eigenvalue weighted by molar-refractivity contribution is -0.143. The van der Waals surface area contributed by atoms with Crippen LogP contribution < -0.4 is 0 Å². The third-order valence-electron chi connectivity index (χ3n) is 3.42. The van der Waals surface area contributed by atoms with E-state index in [0.29, 0.717) is 11.3 Å². The van der Waals surface area contributed by atoms with Crippen molar-refractivity contribution in [3.8, 4) is 16.9 Å². The highest BCUT2D eigenvalue weighted by Gasteiger charge is 2.40. The van der Waals surface area contributed by atoms with Gasteiger partial charge in [0, 0.05) is 5.56 Å². The van der Waals surface area contributed by atoms with Crippen molar-refractivity contribution in [1.29, 1.82) is 0 Å². The van der Waals surface area contributed by atoms with Gasteiger partial charge in [0.05, 0.1) is 5.69 Å². The summed E-state index contributed by atoms with van der Waals surface area (Å²) in [5.41, 5.74) is -0.0881. The van der Waals surface area contributed by atoms with Crippen molar-refractivity contribution in [2.75, 3.05) is 0 Å². The fraction of sp³-hybridized carbons (Fsp3) is 0.118. The van der Waals surface area contributed by atoms with E-state index in [2.05, 4.69) is 5.10 Å². The van der Waals surface area contributed by atoms with Crippen LogP contribution in [0.2, 0.25) is 0 Å². The Labute approximate surface area is 130 Å². The fourth-order valence-corrected chi connectivity index (χ4v) is 2.30. The third kappa shape index (κ3) is 2.84. The van der Waals surface area contributed by atoms with E-state index in [4.69, 9.17) is 0 Å². The maximum absolute atomic E-state index is 14.4. The summed E-state index contributed by atoms with van der Waals surface area (Å²) < 4.78 is 54.5. The van der Waals surface area contributed by atoms with E-state index < -0.39 is 17.7 Å². The van der Waals surface area contributed by atoms with Crippen LogP contribution in [0.15, 0.2) is 54.6 Å². The van der Waals surface area contributed by atoms with Gasteiger partial charge in [0.15, 0.2) is 5.82 Å². The highest BCUT2D eigenvalue weighted by atomic mass is 19.4. The molecule has 6 heteroatoms. The van der Waals surface area contributed by atoms with Crippen molar-refractivity contribution in [3.63, 3.8) is 0 Å². The zero-order valence-electron chi connectivity index (χ0n) is 12.1. The standard InChI is InChI=1S/C17H12F4N2/c1-11-7-9-13(10-8-11)23-15(12-5-3-2-4-6-12)14(18)16(22-23)17(19,20)21/h2-10H,1H3. The molecule has 23 heavy (non-hydrogen) atoms. The summed E-state index contributed by atoms with van der Waals surface area (Å²) in [4.78, 5) is 0. The minimum atomic E-state index is -4.86. The van der Waals surface area contributed by atoms with Crippen LogP contribution >= 0.6 is 0 Å².